The van der Waals surface area contributed by atoms with Crippen molar-refractivity contribution in [2.45, 2.75) is 26.4 Å². The first-order valence-corrected chi connectivity index (χ1v) is 9.64. The lowest BCUT2D eigenvalue weighted by Crippen LogP contribution is -2.37. The molecule has 8 heteroatoms. The largest absolute Gasteiger partial charge is 0.444 e. The van der Waals surface area contributed by atoms with Crippen molar-refractivity contribution < 1.29 is 19.1 Å². The van der Waals surface area contributed by atoms with Crippen molar-refractivity contribution in [3.63, 3.8) is 0 Å². The Bertz CT molecular complexity index is 860. The molecule has 7 nitrogen and oxygen atoms in total. The van der Waals surface area contributed by atoms with Gasteiger partial charge in [0.25, 0.3) is 5.91 Å². The van der Waals surface area contributed by atoms with E-state index >= 15 is 0 Å². The second kappa shape index (κ2) is 9.54. The average Bonchev–Trinajstić information content (AvgIpc) is 2.60. The van der Waals surface area contributed by atoms with E-state index in [9.17, 15) is 14.4 Å². The van der Waals surface area contributed by atoms with E-state index < -0.39 is 11.7 Å². The number of anilines is 2. The van der Waals surface area contributed by atoms with Crippen molar-refractivity contribution in [3.05, 3.63) is 57.7 Å². The topological polar surface area (TPSA) is 96.5 Å². The Morgan fingerprint density at radius 3 is 2.07 bits per heavy atom. The number of amides is 3. The van der Waals surface area contributed by atoms with Crippen molar-refractivity contribution in [2.75, 3.05) is 17.2 Å². The Morgan fingerprint density at radius 2 is 1.50 bits per heavy atom. The number of nitrogens with one attached hydrogen (secondary N) is 3. The molecule has 28 heavy (non-hydrogen) atoms. The molecular weight excluding hydrogens is 473 g/mol. The van der Waals surface area contributed by atoms with Crippen LogP contribution in [0, 0.1) is 3.57 Å². The molecular formula is C20H22IN3O4. The summed E-state index contributed by atoms with van der Waals surface area (Å²) in [6, 6.07) is 14.0. The van der Waals surface area contributed by atoms with Crippen molar-refractivity contribution in [1.29, 1.82) is 0 Å². The molecule has 0 aliphatic rings. The fourth-order valence-electron chi connectivity index (χ4n) is 2.15. The highest BCUT2D eigenvalue weighted by Crippen LogP contribution is 2.17. The van der Waals surface area contributed by atoms with Crippen molar-refractivity contribution in [1.82, 2.24) is 5.32 Å². The third-order valence-electron chi connectivity index (χ3n) is 3.34. The van der Waals surface area contributed by atoms with Gasteiger partial charge in [-0.15, -0.1) is 0 Å². The number of carbonyl (C=O) groups excluding carboxylic acids is 3. The zero-order chi connectivity index (χ0) is 20.7. The molecule has 0 radical (unpaired) electrons. The Morgan fingerprint density at radius 1 is 0.929 bits per heavy atom. The predicted octanol–water partition coefficient (Wildman–Crippen LogP) is 4.01. The van der Waals surface area contributed by atoms with E-state index in [0.29, 0.717) is 16.9 Å². The molecule has 0 aliphatic carbocycles. The molecule has 0 fully saturated rings. The number of benzene rings is 2. The van der Waals surface area contributed by atoms with Gasteiger partial charge in [0.2, 0.25) is 5.91 Å². The minimum absolute atomic E-state index is 0.205. The van der Waals surface area contributed by atoms with Crippen LogP contribution in [-0.2, 0) is 9.53 Å². The van der Waals surface area contributed by atoms with Crippen LogP contribution in [0.4, 0.5) is 16.2 Å². The van der Waals surface area contributed by atoms with Crippen molar-refractivity contribution in [2.24, 2.45) is 0 Å². The number of hydrogen-bond donors (Lipinski definition) is 3. The van der Waals surface area contributed by atoms with Gasteiger partial charge in [0.05, 0.1) is 5.56 Å². The van der Waals surface area contributed by atoms with E-state index in [1.54, 1.807) is 57.2 Å². The summed E-state index contributed by atoms with van der Waals surface area (Å²) < 4.78 is 5.93. The van der Waals surface area contributed by atoms with Crippen LogP contribution < -0.4 is 16.0 Å². The molecule has 0 bridgehead atoms. The molecule has 0 aliphatic heterocycles. The predicted molar refractivity (Wildman–Crippen MR) is 116 cm³/mol. The quantitative estimate of drug-likeness (QED) is 0.547. The number of rotatable bonds is 5. The second-order valence-corrected chi connectivity index (χ2v) is 8.08. The molecule has 2 rings (SSSR count). The summed E-state index contributed by atoms with van der Waals surface area (Å²) in [6.07, 6.45) is -0.656. The summed E-state index contributed by atoms with van der Waals surface area (Å²) in [6.45, 7) is 5.02. The van der Waals surface area contributed by atoms with Crippen LogP contribution in [0.2, 0.25) is 0 Å². The van der Waals surface area contributed by atoms with Gasteiger partial charge in [0.15, 0.2) is 0 Å². The van der Waals surface area contributed by atoms with Gasteiger partial charge < -0.3 is 20.7 Å². The summed E-state index contributed by atoms with van der Waals surface area (Å²) in [4.78, 5) is 35.8. The summed E-state index contributed by atoms with van der Waals surface area (Å²) >= 11 is 2.11. The van der Waals surface area contributed by atoms with Crippen LogP contribution >= 0.6 is 22.6 Å². The Balaban J connectivity index is 1.85. The number of alkyl carbamates (subject to hydrolysis) is 1. The highest BCUT2D eigenvalue weighted by molar-refractivity contribution is 14.1. The first-order chi connectivity index (χ1) is 13.1. The summed E-state index contributed by atoms with van der Waals surface area (Å²) in [5.41, 5.74) is 1.12. The van der Waals surface area contributed by atoms with Gasteiger partial charge in [-0.3, -0.25) is 9.59 Å². The molecule has 2 aromatic rings. The maximum atomic E-state index is 12.3. The molecule has 0 aromatic heterocycles. The lowest BCUT2D eigenvalue weighted by atomic mass is 10.2. The van der Waals surface area contributed by atoms with E-state index in [4.69, 9.17) is 4.74 Å². The maximum absolute atomic E-state index is 12.3. The van der Waals surface area contributed by atoms with Gasteiger partial charge in [-0.25, -0.2) is 4.79 Å². The SMILES string of the molecule is CC(C)(C)OC(=O)NCC(=O)Nc1ccc(NC(=O)c2ccccc2I)cc1. The molecule has 3 N–H and O–H groups in total. The lowest BCUT2D eigenvalue weighted by Gasteiger charge is -2.19. The molecule has 0 saturated carbocycles. The van der Waals surface area contributed by atoms with Gasteiger partial charge in [-0.05, 0) is 79.8 Å². The molecule has 0 spiro atoms. The third kappa shape index (κ3) is 7.18. The van der Waals surface area contributed by atoms with Crippen molar-refractivity contribution in [3.8, 4) is 0 Å². The lowest BCUT2D eigenvalue weighted by molar-refractivity contribution is -0.115. The second-order valence-electron chi connectivity index (χ2n) is 6.91. The third-order valence-corrected chi connectivity index (χ3v) is 4.28. The van der Waals surface area contributed by atoms with E-state index in [1.165, 1.54) is 0 Å². The Hall–Kier alpha value is -2.62. The normalized spacial score (nSPS) is 10.7. The first-order valence-electron chi connectivity index (χ1n) is 8.57. The van der Waals surface area contributed by atoms with E-state index in [2.05, 4.69) is 38.5 Å². The number of ether oxygens (including phenoxy) is 1. The molecule has 0 atom stereocenters. The smallest absolute Gasteiger partial charge is 0.408 e. The van der Waals surface area contributed by atoms with Crippen LogP contribution in [-0.4, -0.2) is 30.1 Å². The standard InChI is InChI=1S/C20H22IN3O4/c1-20(2,3)28-19(27)22-12-17(25)23-13-8-10-14(11-9-13)24-18(26)15-6-4-5-7-16(15)21/h4-11H,12H2,1-3H3,(H,22,27)(H,23,25)(H,24,26). The molecule has 0 unspecified atom stereocenters. The van der Waals surface area contributed by atoms with Crippen molar-refractivity contribution >= 4 is 51.9 Å². The van der Waals surface area contributed by atoms with E-state index in [-0.39, 0.29) is 18.4 Å². The molecule has 3 amide bonds. The van der Waals surface area contributed by atoms with Crippen LogP contribution in [0.1, 0.15) is 31.1 Å². The molecule has 0 saturated heterocycles. The minimum Gasteiger partial charge on any atom is -0.444 e. The molecule has 0 heterocycles. The molecule has 2 aromatic carbocycles. The fourth-order valence-corrected chi connectivity index (χ4v) is 2.78. The maximum Gasteiger partial charge on any atom is 0.408 e. The van der Waals surface area contributed by atoms with E-state index in [1.807, 2.05) is 12.1 Å². The van der Waals surface area contributed by atoms with Gasteiger partial charge in [-0.1, -0.05) is 12.1 Å². The molecule has 148 valence electrons. The Kier molecular flexibility index (Phi) is 7.38. The number of hydrogen-bond acceptors (Lipinski definition) is 4. The van der Waals surface area contributed by atoms with Gasteiger partial charge in [0.1, 0.15) is 12.1 Å². The van der Waals surface area contributed by atoms with Gasteiger partial charge in [0, 0.05) is 14.9 Å². The minimum atomic E-state index is -0.656. The number of carbonyl (C=O) groups is 3. The highest BCUT2D eigenvalue weighted by atomic mass is 127. The summed E-state index contributed by atoms with van der Waals surface area (Å²) in [5.74, 6) is -0.593. The van der Waals surface area contributed by atoms with Crippen LogP contribution in [0.15, 0.2) is 48.5 Å². The highest BCUT2D eigenvalue weighted by Gasteiger charge is 2.16. The first kappa shape index (κ1) is 21.7. The average molecular weight is 495 g/mol. The zero-order valence-corrected chi connectivity index (χ0v) is 18.0. The van der Waals surface area contributed by atoms with Crippen LogP contribution in [0.3, 0.4) is 0 Å². The number of halogens is 1. The fraction of sp³-hybridized carbons (Fsp3) is 0.250. The Labute approximate surface area is 177 Å². The summed E-state index contributed by atoms with van der Waals surface area (Å²) in [7, 11) is 0. The monoisotopic (exact) mass is 495 g/mol. The van der Waals surface area contributed by atoms with Gasteiger partial charge in [-0.2, -0.15) is 0 Å². The van der Waals surface area contributed by atoms with Crippen LogP contribution in [0.25, 0.3) is 0 Å². The van der Waals surface area contributed by atoms with E-state index in [0.717, 1.165) is 3.57 Å². The van der Waals surface area contributed by atoms with Gasteiger partial charge >= 0.3 is 6.09 Å². The zero-order valence-electron chi connectivity index (χ0n) is 15.8. The van der Waals surface area contributed by atoms with Crippen LogP contribution in [0.5, 0.6) is 0 Å². The summed E-state index contributed by atoms with van der Waals surface area (Å²) in [5, 5.41) is 7.86.